The molecule has 0 N–H and O–H groups in total. The Balaban J connectivity index is 2.21. The minimum absolute atomic E-state index is 0.0606. The average molecular weight is 465 g/mol. The van der Waals surface area contributed by atoms with E-state index in [9.17, 15) is 9.59 Å². The molecule has 0 amide bonds. The zero-order valence-electron chi connectivity index (χ0n) is 21.9. The number of benzene rings is 2. The lowest BCUT2D eigenvalue weighted by Gasteiger charge is -2.19. The topological polar surface area (TPSA) is 52.6 Å². The minimum atomic E-state index is -0.358. The lowest BCUT2D eigenvalue weighted by atomic mass is 9.91. The van der Waals surface area contributed by atoms with Crippen LogP contribution in [0.15, 0.2) is 30.3 Å². The summed E-state index contributed by atoms with van der Waals surface area (Å²) in [5, 5.41) is 0. The molecule has 2 aromatic carbocycles. The van der Waals surface area contributed by atoms with Crippen LogP contribution in [0.5, 0.6) is 5.75 Å². The SMILES string of the molecule is CCCCCCCc1ccc(C(=O)C=Cc2c(C)c(C)c(C(=O)OC(C)C)c(C)c2OC)cc1. The Morgan fingerprint density at radius 1 is 0.912 bits per heavy atom. The van der Waals surface area contributed by atoms with Crippen molar-refractivity contribution in [2.75, 3.05) is 7.11 Å². The highest BCUT2D eigenvalue weighted by Gasteiger charge is 2.23. The van der Waals surface area contributed by atoms with Gasteiger partial charge in [0.2, 0.25) is 0 Å². The Labute approximate surface area is 205 Å². The van der Waals surface area contributed by atoms with Crippen molar-refractivity contribution in [3.05, 3.63) is 69.3 Å². The highest BCUT2D eigenvalue weighted by atomic mass is 16.5. The van der Waals surface area contributed by atoms with E-state index in [0.29, 0.717) is 22.4 Å². The van der Waals surface area contributed by atoms with Crippen molar-refractivity contribution in [3.63, 3.8) is 0 Å². The molecule has 184 valence electrons. The van der Waals surface area contributed by atoms with Gasteiger partial charge in [-0.15, -0.1) is 0 Å². The third-order valence-electron chi connectivity index (χ3n) is 6.26. The van der Waals surface area contributed by atoms with Gasteiger partial charge in [-0.25, -0.2) is 4.79 Å². The van der Waals surface area contributed by atoms with Gasteiger partial charge in [0.15, 0.2) is 5.78 Å². The monoisotopic (exact) mass is 464 g/mol. The minimum Gasteiger partial charge on any atom is -0.496 e. The Morgan fingerprint density at radius 3 is 2.15 bits per heavy atom. The van der Waals surface area contributed by atoms with E-state index in [0.717, 1.165) is 23.1 Å². The number of methoxy groups -OCH3 is 1. The standard InChI is InChI=1S/C30H40O4/c1-8-9-10-11-12-13-24-14-16-25(17-15-24)27(31)19-18-26-21(4)22(5)28(23(6)29(26)33-7)30(32)34-20(2)3/h14-20H,8-13H2,1-7H3. The van der Waals surface area contributed by atoms with Gasteiger partial charge in [0.05, 0.1) is 18.8 Å². The molecule has 34 heavy (non-hydrogen) atoms. The van der Waals surface area contributed by atoms with E-state index in [1.54, 1.807) is 19.3 Å². The molecule has 0 aliphatic heterocycles. The van der Waals surface area contributed by atoms with E-state index in [1.807, 2.05) is 46.8 Å². The van der Waals surface area contributed by atoms with Gasteiger partial charge in [-0.3, -0.25) is 4.79 Å². The highest BCUT2D eigenvalue weighted by molar-refractivity contribution is 6.07. The zero-order valence-corrected chi connectivity index (χ0v) is 21.9. The van der Waals surface area contributed by atoms with Crippen LogP contribution in [0.1, 0.15) is 101 Å². The molecule has 0 aromatic heterocycles. The van der Waals surface area contributed by atoms with Gasteiger partial charge in [-0.2, -0.15) is 0 Å². The lowest BCUT2D eigenvalue weighted by molar-refractivity contribution is 0.0375. The van der Waals surface area contributed by atoms with E-state index in [4.69, 9.17) is 9.47 Å². The number of carbonyl (C=O) groups excluding carboxylic acids is 2. The normalized spacial score (nSPS) is 11.3. The molecule has 0 heterocycles. The number of esters is 1. The number of rotatable bonds is 12. The van der Waals surface area contributed by atoms with Gasteiger partial charge in [0.25, 0.3) is 0 Å². The summed E-state index contributed by atoms with van der Waals surface area (Å²) in [6.45, 7) is 11.6. The van der Waals surface area contributed by atoms with Crippen molar-refractivity contribution in [2.45, 2.75) is 86.2 Å². The summed E-state index contributed by atoms with van der Waals surface area (Å²) < 4.78 is 11.1. The second-order valence-corrected chi connectivity index (χ2v) is 9.21. The first-order valence-corrected chi connectivity index (χ1v) is 12.4. The number of ketones is 1. The Hall–Kier alpha value is -2.88. The van der Waals surface area contributed by atoms with Crippen molar-refractivity contribution in [2.24, 2.45) is 0 Å². The van der Waals surface area contributed by atoms with Crippen LogP contribution in [-0.4, -0.2) is 25.0 Å². The molecule has 0 fully saturated rings. The molecule has 0 saturated heterocycles. The Kier molecular flexibility index (Phi) is 10.6. The summed E-state index contributed by atoms with van der Waals surface area (Å²) in [5.41, 5.74) is 5.69. The first kappa shape index (κ1) is 27.4. The van der Waals surface area contributed by atoms with Crippen LogP contribution in [0.2, 0.25) is 0 Å². The molecule has 0 aliphatic carbocycles. The fraction of sp³-hybridized carbons (Fsp3) is 0.467. The lowest BCUT2D eigenvalue weighted by Crippen LogP contribution is -2.16. The smallest absolute Gasteiger partial charge is 0.339 e. The Bertz CT molecular complexity index is 1010. The molecular weight excluding hydrogens is 424 g/mol. The largest absolute Gasteiger partial charge is 0.496 e. The van der Waals surface area contributed by atoms with Gasteiger partial charge in [0, 0.05) is 16.7 Å². The third kappa shape index (κ3) is 7.06. The molecule has 2 rings (SSSR count). The van der Waals surface area contributed by atoms with Crippen LogP contribution in [0, 0.1) is 20.8 Å². The zero-order chi connectivity index (χ0) is 25.3. The number of carbonyl (C=O) groups is 2. The third-order valence-corrected chi connectivity index (χ3v) is 6.26. The first-order chi connectivity index (χ1) is 16.2. The summed E-state index contributed by atoms with van der Waals surface area (Å²) in [4.78, 5) is 25.5. The fourth-order valence-electron chi connectivity index (χ4n) is 4.22. The molecule has 0 spiro atoms. The molecular formula is C30H40O4. The van der Waals surface area contributed by atoms with Gasteiger partial charge in [0.1, 0.15) is 5.75 Å². The van der Waals surface area contributed by atoms with Crippen molar-refractivity contribution in [3.8, 4) is 5.75 Å². The molecule has 0 bridgehead atoms. The van der Waals surface area contributed by atoms with Crippen LogP contribution in [0.3, 0.4) is 0 Å². The molecule has 0 unspecified atom stereocenters. The summed E-state index contributed by atoms with van der Waals surface area (Å²) in [6.07, 6.45) is 10.5. The van der Waals surface area contributed by atoms with Crippen molar-refractivity contribution < 1.29 is 19.1 Å². The second-order valence-electron chi connectivity index (χ2n) is 9.21. The van der Waals surface area contributed by atoms with Gasteiger partial charge in [-0.1, -0.05) is 56.9 Å². The first-order valence-electron chi connectivity index (χ1n) is 12.4. The van der Waals surface area contributed by atoms with E-state index in [-0.39, 0.29) is 17.9 Å². The maximum atomic E-state index is 12.8. The van der Waals surface area contributed by atoms with E-state index in [2.05, 4.69) is 19.1 Å². The van der Waals surface area contributed by atoms with E-state index < -0.39 is 0 Å². The van der Waals surface area contributed by atoms with Crippen molar-refractivity contribution >= 4 is 17.8 Å². The number of allylic oxidation sites excluding steroid dienone is 1. The summed E-state index contributed by atoms with van der Waals surface area (Å²) in [7, 11) is 1.58. The maximum absolute atomic E-state index is 12.8. The second kappa shape index (κ2) is 13.1. The van der Waals surface area contributed by atoms with Crippen LogP contribution < -0.4 is 4.74 Å². The molecule has 4 heteroatoms. The molecule has 0 aliphatic rings. The van der Waals surface area contributed by atoms with E-state index >= 15 is 0 Å². The predicted octanol–water partition coefficient (Wildman–Crippen LogP) is 7.59. The fourth-order valence-corrected chi connectivity index (χ4v) is 4.22. The maximum Gasteiger partial charge on any atom is 0.339 e. The molecule has 0 atom stereocenters. The predicted molar refractivity (Wildman–Crippen MR) is 140 cm³/mol. The van der Waals surface area contributed by atoms with Gasteiger partial charge < -0.3 is 9.47 Å². The average Bonchev–Trinajstić information content (AvgIpc) is 2.80. The molecule has 0 saturated carbocycles. The summed E-state index contributed by atoms with van der Waals surface area (Å²) in [5.74, 6) is 0.166. The number of aryl methyl sites for hydroxylation is 1. The number of hydrogen-bond acceptors (Lipinski definition) is 4. The van der Waals surface area contributed by atoms with Crippen LogP contribution in [-0.2, 0) is 11.2 Å². The van der Waals surface area contributed by atoms with Crippen LogP contribution in [0.4, 0.5) is 0 Å². The summed E-state index contributed by atoms with van der Waals surface area (Å²) >= 11 is 0. The van der Waals surface area contributed by atoms with E-state index in [1.165, 1.54) is 37.7 Å². The van der Waals surface area contributed by atoms with Crippen molar-refractivity contribution in [1.82, 2.24) is 0 Å². The number of ether oxygens (including phenoxy) is 2. The van der Waals surface area contributed by atoms with Crippen molar-refractivity contribution in [1.29, 1.82) is 0 Å². The molecule has 2 aromatic rings. The van der Waals surface area contributed by atoms with Gasteiger partial charge in [-0.05, 0) is 76.3 Å². The summed E-state index contributed by atoms with van der Waals surface area (Å²) in [6, 6.07) is 7.91. The number of hydrogen-bond donors (Lipinski definition) is 0. The van der Waals surface area contributed by atoms with Gasteiger partial charge >= 0.3 is 5.97 Å². The van der Waals surface area contributed by atoms with Crippen LogP contribution in [0.25, 0.3) is 6.08 Å². The van der Waals surface area contributed by atoms with Crippen LogP contribution >= 0.6 is 0 Å². The molecule has 4 nitrogen and oxygen atoms in total. The quantitative estimate of drug-likeness (QED) is 0.140. The Morgan fingerprint density at radius 2 is 1.56 bits per heavy atom. The highest BCUT2D eigenvalue weighted by Crippen LogP contribution is 2.34. The number of unbranched alkanes of at least 4 members (excludes halogenated alkanes) is 4. The molecule has 0 radical (unpaired) electrons.